The molecule has 2 unspecified atom stereocenters. The molecule has 1 N–H and O–H groups in total. The molecular weight excluding hydrogens is 238 g/mol. The molecule has 0 spiro atoms. The van der Waals surface area contributed by atoms with Crippen LogP contribution in [0.5, 0.6) is 11.5 Å². The van der Waals surface area contributed by atoms with Crippen molar-refractivity contribution >= 4 is 0 Å². The van der Waals surface area contributed by atoms with Crippen LogP contribution in [-0.2, 0) is 0 Å². The molecule has 2 atom stereocenters. The van der Waals surface area contributed by atoms with Gasteiger partial charge in [0.15, 0.2) is 11.5 Å². The summed E-state index contributed by atoms with van der Waals surface area (Å²) in [6.45, 7) is 6.57. The van der Waals surface area contributed by atoms with Crippen LogP contribution < -0.4 is 14.8 Å². The first-order valence-electron chi connectivity index (χ1n) is 7.39. The molecule has 0 bridgehead atoms. The Morgan fingerprint density at radius 3 is 2.53 bits per heavy atom. The molecule has 1 aliphatic carbocycles. The Balaban J connectivity index is 1.73. The first-order valence-corrected chi connectivity index (χ1v) is 7.39. The number of ether oxygens (including phenoxy) is 2. The van der Waals surface area contributed by atoms with Gasteiger partial charge in [0.1, 0.15) is 6.61 Å². The van der Waals surface area contributed by atoms with Gasteiger partial charge in [-0.1, -0.05) is 25.5 Å². The smallest absolute Gasteiger partial charge is 0.161 e. The van der Waals surface area contributed by atoms with E-state index < -0.39 is 0 Å². The maximum atomic E-state index is 5.80. The van der Waals surface area contributed by atoms with E-state index in [0.717, 1.165) is 24.0 Å². The van der Waals surface area contributed by atoms with Gasteiger partial charge in [0.25, 0.3) is 0 Å². The molecule has 1 aliphatic rings. The maximum Gasteiger partial charge on any atom is 0.161 e. The van der Waals surface area contributed by atoms with Gasteiger partial charge in [-0.2, -0.15) is 0 Å². The highest BCUT2D eigenvalue weighted by Gasteiger charge is 2.22. The third-order valence-corrected chi connectivity index (χ3v) is 3.78. The summed E-state index contributed by atoms with van der Waals surface area (Å²) in [5.41, 5.74) is 0. The number of hydrogen-bond donors (Lipinski definition) is 1. The lowest BCUT2D eigenvalue weighted by Crippen LogP contribution is -2.34. The molecule has 0 aliphatic heterocycles. The van der Waals surface area contributed by atoms with Gasteiger partial charge < -0.3 is 14.8 Å². The second kappa shape index (κ2) is 7.39. The number of benzene rings is 1. The van der Waals surface area contributed by atoms with Gasteiger partial charge in [-0.3, -0.25) is 0 Å². The fraction of sp³-hybridized carbons (Fsp3) is 0.625. The van der Waals surface area contributed by atoms with Gasteiger partial charge in [-0.15, -0.1) is 0 Å². The molecule has 0 radical (unpaired) electrons. The van der Waals surface area contributed by atoms with Crippen LogP contribution in [0.4, 0.5) is 0 Å². The lowest BCUT2D eigenvalue weighted by Gasteiger charge is -2.18. The third-order valence-electron chi connectivity index (χ3n) is 3.78. The highest BCUT2D eigenvalue weighted by Crippen LogP contribution is 2.26. The van der Waals surface area contributed by atoms with Crippen LogP contribution in [0, 0.1) is 5.92 Å². The van der Waals surface area contributed by atoms with E-state index in [0.29, 0.717) is 19.3 Å². The Morgan fingerprint density at radius 2 is 1.89 bits per heavy atom. The quantitative estimate of drug-likeness (QED) is 0.766. The van der Waals surface area contributed by atoms with Gasteiger partial charge in [0.2, 0.25) is 0 Å². The van der Waals surface area contributed by atoms with E-state index in [1.54, 1.807) is 0 Å². The molecule has 0 aromatic heterocycles. The Kier molecular flexibility index (Phi) is 5.52. The zero-order valence-electron chi connectivity index (χ0n) is 12.0. The summed E-state index contributed by atoms with van der Waals surface area (Å²) in [6, 6.07) is 8.53. The van der Waals surface area contributed by atoms with Crippen molar-refractivity contribution in [3.8, 4) is 11.5 Å². The minimum atomic E-state index is 0.665. The zero-order chi connectivity index (χ0) is 13.5. The van der Waals surface area contributed by atoms with Gasteiger partial charge in [-0.25, -0.2) is 0 Å². The summed E-state index contributed by atoms with van der Waals surface area (Å²) in [6.07, 6.45) is 4.01. The van der Waals surface area contributed by atoms with Crippen molar-refractivity contribution < 1.29 is 9.47 Å². The molecule has 1 aromatic carbocycles. The van der Waals surface area contributed by atoms with E-state index in [2.05, 4.69) is 12.2 Å². The predicted molar refractivity (Wildman–Crippen MR) is 77.9 cm³/mol. The molecule has 3 nitrogen and oxygen atoms in total. The lowest BCUT2D eigenvalue weighted by atomic mass is 10.1. The number of rotatable bonds is 7. The van der Waals surface area contributed by atoms with Crippen molar-refractivity contribution in [2.45, 2.75) is 39.2 Å². The standard InChI is InChI=1S/C16H25NO2/c1-3-18-15-9-4-5-10-16(15)19-12-11-17-14-8-6-7-13(14)2/h4-5,9-10,13-14,17H,3,6-8,11-12H2,1-2H3. The first kappa shape index (κ1) is 14.2. The first-order chi connectivity index (χ1) is 9.31. The number of nitrogens with one attached hydrogen (secondary N) is 1. The highest BCUT2D eigenvalue weighted by atomic mass is 16.5. The fourth-order valence-electron chi connectivity index (χ4n) is 2.70. The van der Waals surface area contributed by atoms with E-state index >= 15 is 0 Å². The van der Waals surface area contributed by atoms with Gasteiger partial charge in [0, 0.05) is 12.6 Å². The maximum absolute atomic E-state index is 5.80. The van der Waals surface area contributed by atoms with E-state index in [4.69, 9.17) is 9.47 Å². The zero-order valence-corrected chi connectivity index (χ0v) is 12.0. The molecule has 0 saturated heterocycles. The second-order valence-corrected chi connectivity index (χ2v) is 5.20. The monoisotopic (exact) mass is 263 g/mol. The summed E-state index contributed by atoms with van der Waals surface area (Å²) in [7, 11) is 0. The van der Waals surface area contributed by atoms with Crippen LogP contribution >= 0.6 is 0 Å². The minimum Gasteiger partial charge on any atom is -0.490 e. The fourth-order valence-corrected chi connectivity index (χ4v) is 2.70. The molecule has 1 saturated carbocycles. The topological polar surface area (TPSA) is 30.5 Å². The van der Waals surface area contributed by atoms with Crippen LogP contribution in [0.2, 0.25) is 0 Å². The average molecular weight is 263 g/mol. The Bertz CT molecular complexity index is 381. The van der Waals surface area contributed by atoms with Crippen LogP contribution in [0.1, 0.15) is 33.1 Å². The molecule has 3 heteroatoms. The molecule has 2 rings (SSSR count). The highest BCUT2D eigenvalue weighted by molar-refractivity contribution is 5.39. The number of para-hydroxylation sites is 2. The number of hydrogen-bond acceptors (Lipinski definition) is 3. The Morgan fingerprint density at radius 1 is 1.16 bits per heavy atom. The summed E-state index contributed by atoms with van der Waals surface area (Å²) in [5, 5.41) is 3.59. The van der Waals surface area contributed by atoms with Gasteiger partial charge in [-0.05, 0) is 37.8 Å². The molecule has 0 heterocycles. The van der Waals surface area contributed by atoms with Crippen LogP contribution in [0.3, 0.4) is 0 Å². The van der Waals surface area contributed by atoms with Gasteiger partial charge in [0.05, 0.1) is 6.61 Å². The SMILES string of the molecule is CCOc1ccccc1OCCNC1CCCC1C. The van der Waals surface area contributed by atoms with Crippen molar-refractivity contribution in [1.82, 2.24) is 5.32 Å². The largest absolute Gasteiger partial charge is 0.490 e. The van der Waals surface area contributed by atoms with E-state index in [1.807, 2.05) is 31.2 Å². The average Bonchev–Trinajstić information content (AvgIpc) is 2.82. The molecule has 1 fully saturated rings. The molecule has 19 heavy (non-hydrogen) atoms. The van der Waals surface area contributed by atoms with Crippen molar-refractivity contribution in [2.24, 2.45) is 5.92 Å². The van der Waals surface area contributed by atoms with Crippen LogP contribution in [-0.4, -0.2) is 25.8 Å². The molecule has 0 amide bonds. The summed E-state index contributed by atoms with van der Waals surface area (Å²) >= 11 is 0. The minimum absolute atomic E-state index is 0.665. The summed E-state index contributed by atoms with van der Waals surface area (Å²) < 4.78 is 11.3. The van der Waals surface area contributed by atoms with Crippen LogP contribution in [0.25, 0.3) is 0 Å². The van der Waals surface area contributed by atoms with Crippen molar-refractivity contribution in [2.75, 3.05) is 19.8 Å². The normalized spacial score (nSPS) is 22.4. The lowest BCUT2D eigenvalue weighted by molar-refractivity contribution is 0.268. The van der Waals surface area contributed by atoms with E-state index in [1.165, 1.54) is 19.3 Å². The van der Waals surface area contributed by atoms with E-state index in [-0.39, 0.29) is 0 Å². The van der Waals surface area contributed by atoms with Crippen molar-refractivity contribution in [3.05, 3.63) is 24.3 Å². The Labute approximate surface area is 116 Å². The predicted octanol–water partition coefficient (Wildman–Crippen LogP) is 3.24. The van der Waals surface area contributed by atoms with Crippen LogP contribution in [0.15, 0.2) is 24.3 Å². The van der Waals surface area contributed by atoms with Gasteiger partial charge >= 0.3 is 0 Å². The molecular formula is C16H25NO2. The summed E-state index contributed by atoms with van der Waals surface area (Å²) in [4.78, 5) is 0. The second-order valence-electron chi connectivity index (χ2n) is 5.20. The Hall–Kier alpha value is -1.22. The van der Waals surface area contributed by atoms with E-state index in [9.17, 15) is 0 Å². The summed E-state index contributed by atoms with van der Waals surface area (Å²) in [5.74, 6) is 2.47. The van der Waals surface area contributed by atoms with Crippen molar-refractivity contribution in [3.63, 3.8) is 0 Å². The van der Waals surface area contributed by atoms with Crippen molar-refractivity contribution in [1.29, 1.82) is 0 Å². The molecule has 1 aromatic rings. The molecule has 106 valence electrons. The third kappa shape index (κ3) is 4.13.